The number of nitrogens with zero attached hydrogens (tertiary/aromatic N) is 2. The molecule has 0 aliphatic carbocycles. The molecular formula is C16H13N3O3S2. The highest BCUT2D eigenvalue weighted by Crippen LogP contribution is 2.34. The van der Waals surface area contributed by atoms with Crippen molar-refractivity contribution in [2.45, 2.75) is 18.1 Å². The maximum Gasteiger partial charge on any atom is 0.271 e. The molecule has 0 saturated heterocycles. The lowest BCUT2D eigenvalue weighted by atomic mass is 10.2. The number of hydrogen-bond acceptors (Lipinski definition) is 6. The Labute approximate surface area is 143 Å². The predicted octanol–water partition coefficient (Wildman–Crippen LogP) is 3.69. The number of aryl methyl sites for hydroxylation is 1. The average molecular weight is 359 g/mol. The topological polar surface area (TPSA) is 96.0 Å². The van der Waals surface area contributed by atoms with Crippen LogP contribution in [0.25, 0.3) is 10.6 Å². The first-order chi connectivity index (χ1) is 11.4. The molecule has 0 bridgehead atoms. The minimum atomic E-state index is -3.70. The van der Waals surface area contributed by atoms with Crippen molar-refractivity contribution in [2.75, 3.05) is 4.72 Å². The highest BCUT2D eigenvalue weighted by Gasteiger charge is 2.20. The van der Waals surface area contributed by atoms with Crippen LogP contribution in [0.1, 0.15) is 16.8 Å². The molecule has 0 atom stereocenters. The van der Waals surface area contributed by atoms with Crippen LogP contribution in [0.15, 0.2) is 45.1 Å². The summed E-state index contributed by atoms with van der Waals surface area (Å²) >= 11 is 1.11. The first-order valence-corrected chi connectivity index (χ1v) is 9.27. The van der Waals surface area contributed by atoms with Gasteiger partial charge in [0.15, 0.2) is 5.76 Å². The van der Waals surface area contributed by atoms with Crippen molar-refractivity contribution >= 4 is 27.0 Å². The van der Waals surface area contributed by atoms with Gasteiger partial charge >= 0.3 is 0 Å². The number of aromatic nitrogens is 1. The van der Waals surface area contributed by atoms with Crippen molar-refractivity contribution in [1.82, 2.24) is 5.16 Å². The molecule has 1 aromatic carbocycles. The summed E-state index contributed by atoms with van der Waals surface area (Å²) in [5.74, 6) is 0.581. The summed E-state index contributed by atoms with van der Waals surface area (Å²) < 4.78 is 32.9. The number of nitrogens with one attached hydrogen (secondary N) is 1. The zero-order valence-corrected chi connectivity index (χ0v) is 14.5. The molecule has 1 N–H and O–H groups in total. The van der Waals surface area contributed by atoms with Gasteiger partial charge in [-0.1, -0.05) is 5.16 Å². The monoisotopic (exact) mass is 359 g/mol. The van der Waals surface area contributed by atoms with E-state index in [4.69, 9.17) is 9.78 Å². The van der Waals surface area contributed by atoms with Gasteiger partial charge in [0.25, 0.3) is 10.0 Å². The lowest BCUT2D eigenvalue weighted by molar-refractivity contribution is 0.427. The zero-order chi connectivity index (χ0) is 17.3. The lowest BCUT2D eigenvalue weighted by Crippen LogP contribution is -2.11. The second-order valence-electron chi connectivity index (χ2n) is 5.14. The van der Waals surface area contributed by atoms with E-state index in [1.165, 1.54) is 6.07 Å². The van der Waals surface area contributed by atoms with Crippen molar-refractivity contribution in [2.24, 2.45) is 0 Å². The molecule has 0 unspecified atom stereocenters. The Morgan fingerprint density at radius 2 is 1.88 bits per heavy atom. The average Bonchev–Trinajstić information content (AvgIpc) is 3.16. The number of anilines is 1. The second kappa shape index (κ2) is 6.11. The van der Waals surface area contributed by atoms with Crippen molar-refractivity contribution in [3.8, 4) is 16.7 Å². The molecule has 3 aromatic rings. The quantitative estimate of drug-likeness (QED) is 0.766. The first kappa shape index (κ1) is 16.2. The molecule has 3 rings (SSSR count). The van der Waals surface area contributed by atoms with Crippen LogP contribution in [0.2, 0.25) is 0 Å². The summed E-state index contributed by atoms with van der Waals surface area (Å²) in [6, 6.07) is 11.4. The van der Waals surface area contributed by atoms with Gasteiger partial charge in [-0.05, 0) is 50.2 Å². The van der Waals surface area contributed by atoms with Gasteiger partial charge in [0.05, 0.1) is 22.2 Å². The van der Waals surface area contributed by atoms with Gasteiger partial charge in [0, 0.05) is 11.3 Å². The minimum Gasteiger partial charge on any atom is -0.355 e. The SMILES string of the molecule is Cc1noc(-c2ccc(S(=O)(=O)Nc3ccc(C#N)cc3)s2)c1C. The maximum atomic E-state index is 12.5. The molecule has 24 heavy (non-hydrogen) atoms. The third-order valence-corrected chi connectivity index (χ3v) is 6.45. The van der Waals surface area contributed by atoms with E-state index in [9.17, 15) is 8.42 Å². The number of sulfonamides is 1. The van der Waals surface area contributed by atoms with Crippen molar-refractivity contribution in [3.63, 3.8) is 0 Å². The largest absolute Gasteiger partial charge is 0.355 e. The summed E-state index contributed by atoms with van der Waals surface area (Å²) in [5, 5.41) is 12.7. The fraction of sp³-hybridized carbons (Fsp3) is 0.125. The molecular weight excluding hydrogens is 346 g/mol. The predicted molar refractivity (Wildman–Crippen MR) is 91.3 cm³/mol. The molecule has 8 heteroatoms. The Balaban J connectivity index is 1.88. The number of hydrogen-bond donors (Lipinski definition) is 1. The molecule has 0 aliphatic rings. The van der Waals surface area contributed by atoms with E-state index in [2.05, 4.69) is 9.88 Å². The Bertz CT molecular complexity index is 1030. The van der Waals surface area contributed by atoms with E-state index in [1.807, 2.05) is 19.9 Å². The molecule has 0 saturated carbocycles. The normalized spacial score (nSPS) is 11.2. The Hall–Kier alpha value is -2.63. The fourth-order valence-electron chi connectivity index (χ4n) is 2.05. The molecule has 0 aliphatic heterocycles. The molecule has 2 heterocycles. The van der Waals surface area contributed by atoms with Gasteiger partial charge < -0.3 is 4.52 Å². The van der Waals surface area contributed by atoms with E-state index < -0.39 is 10.0 Å². The molecule has 0 fully saturated rings. The lowest BCUT2D eigenvalue weighted by Gasteiger charge is -2.05. The molecule has 0 radical (unpaired) electrons. The first-order valence-electron chi connectivity index (χ1n) is 6.97. The van der Waals surface area contributed by atoms with Gasteiger partial charge in [0.2, 0.25) is 0 Å². The molecule has 122 valence electrons. The van der Waals surface area contributed by atoms with Crippen molar-refractivity contribution in [1.29, 1.82) is 5.26 Å². The van der Waals surface area contributed by atoms with Crippen molar-refractivity contribution in [3.05, 3.63) is 53.2 Å². The van der Waals surface area contributed by atoms with Crippen LogP contribution in [0.5, 0.6) is 0 Å². The third kappa shape index (κ3) is 3.04. The molecule has 0 spiro atoms. The van der Waals surface area contributed by atoms with Crippen LogP contribution in [0.4, 0.5) is 5.69 Å². The second-order valence-corrected chi connectivity index (χ2v) is 8.13. The van der Waals surface area contributed by atoms with Crippen LogP contribution in [0, 0.1) is 25.2 Å². The highest BCUT2D eigenvalue weighted by molar-refractivity contribution is 7.94. The number of benzene rings is 1. The summed E-state index contributed by atoms with van der Waals surface area (Å²) in [7, 11) is -3.70. The van der Waals surface area contributed by atoms with Crippen LogP contribution < -0.4 is 4.72 Å². The van der Waals surface area contributed by atoms with Gasteiger partial charge in [-0.2, -0.15) is 5.26 Å². The summed E-state index contributed by atoms with van der Waals surface area (Å²) in [6.07, 6.45) is 0. The highest BCUT2D eigenvalue weighted by atomic mass is 32.2. The Kier molecular flexibility index (Phi) is 4.13. The van der Waals surface area contributed by atoms with Gasteiger partial charge in [0.1, 0.15) is 4.21 Å². The van der Waals surface area contributed by atoms with E-state index in [0.29, 0.717) is 21.9 Å². The van der Waals surface area contributed by atoms with E-state index in [-0.39, 0.29) is 4.21 Å². The Morgan fingerprint density at radius 3 is 2.46 bits per heavy atom. The molecule has 0 amide bonds. The summed E-state index contributed by atoms with van der Waals surface area (Å²) in [5.41, 5.74) is 2.53. The minimum absolute atomic E-state index is 0.176. The third-order valence-electron chi connectivity index (χ3n) is 3.49. The fourth-order valence-corrected chi connectivity index (χ4v) is 4.45. The summed E-state index contributed by atoms with van der Waals surface area (Å²) in [4.78, 5) is 0.702. The van der Waals surface area contributed by atoms with E-state index in [1.54, 1.807) is 30.3 Å². The van der Waals surface area contributed by atoms with Crippen LogP contribution in [-0.2, 0) is 10.0 Å². The molecule has 2 aromatic heterocycles. The summed E-state index contributed by atoms with van der Waals surface area (Å²) in [6.45, 7) is 3.71. The number of nitriles is 1. The van der Waals surface area contributed by atoms with Gasteiger partial charge in [-0.3, -0.25) is 4.72 Å². The Morgan fingerprint density at radius 1 is 1.17 bits per heavy atom. The standard InChI is InChI=1S/C16H13N3O3S2/c1-10-11(2)18-22-16(10)14-7-8-15(23-14)24(20,21)19-13-5-3-12(9-17)4-6-13/h3-8,19H,1-2H3. The van der Waals surface area contributed by atoms with Crippen molar-refractivity contribution < 1.29 is 12.9 Å². The zero-order valence-electron chi connectivity index (χ0n) is 12.9. The molecule has 6 nitrogen and oxygen atoms in total. The smallest absolute Gasteiger partial charge is 0.271 e. The maximum absolute atomic E-state index is 12.5. The van der Waals surface area contributed by atoms with E-state index in [0.717, 1.165) is 22.6 Å². The van der Waals surface area contributed by atoms with Crippen LogP contribution >= 0.6 is 11.3 Å². The van der Waals surface area contributed by atoms with Gasteiger partial charge in [-0.25, -0.2) is 8.42 Å². The number of thiophene rings is 1. The van der Waals surface area contributed by atoms with Crippen LogP contribution in [-0.4, -0.2) is 13.6 Å². The number of rotatable bonds is 4. The van der Waals surface area contributed by atoms with Gasteiger partial charge in [-0.15, -0.1) is 11.3 Å². The van der Waals surface area contributed by atoms with E-state index >= 15 is 0 Å². The van der Waals surface area contributed by atoms with Crippen LogP contribution in [0.3, 0.4) is 0 Å².